The topological polar surface area (TPSA) is 56.7 Å². The van der Waals surface area contributed by atoms with Crippen molar-refractivity contribution in [3.05, 3.63) is 42.7 Å². The highest BCUT2D eigenvalue weighted by atomic mass is 15.1. The second kappa shape index (κ2) is 3.59. The zero-order valence-electron chi connectivity index (χ0n) is 9.46. The van der Waals surface area contributed by atoms with Crippen LogP contribution in [-0.4, -0.2) is 14.5 Å². The molecule has 0 amide bonds. The molecule has 2 heterocycles. The van der Waals surface area contributed by atoms with Crippen LogP contribution in [0, 0.1) is 0 Å². The first-order valence-electron chi connectivity index (χ1n) is 5.38. The van der Waals surface area contributed by atoms with Crippen LogP contribution < -0.4 is 5.73 Å². The summed E-state index contributed by atoms with van der Waals surface area (Å²) in [6.45, 7) is 0. The van der Waals surface area contributed by atoms with E-state index in [0.717, 1.165) is 22.4 Å². The number of pyridine rings is 1. The number of fused-ring (bicyclic) bond motifs is 1. The summed E-state index contributed by atoms with van der Waals surface area (Å²) in [5, 5.41) is 0. The molecule has 84 valence electrons. The molecule has 4 nitrogen and oxygen atoms in total. The van der Waals surface area contributed by atoms with Gasteiger partial charge in [0.2, 0.25) is 0 Å². The Morgan fingerprint density at radius 2 is 1.88 bits per heavy atom. The molecule has 17 heavy (non-hydrogen) atoms. The van der Waals surface area contributed by atoms with Crippen molar-refractivity contribution in [3.8, 4) is 11.4 Å². The van der Waals surface area contributed by atoms with Crippen molar-refractivity contribution in [3.63, 3.8) is 0 Å². The quantitative estimate of drug-likeness (QED) is 0.645. The Bertz CT molecular complexity index is 670. The summed E-state index contributed by atoms with van der Waals surface area (Å²) in [6.07, 6.45) is 3.52. The van der Waals surface area contributed by atoms with E-state index in [2.05, 4.69) is 9.97 Å². The lowest BCUT2D eigenvalue weighted by Crippen LogP contribution is -1.92. The Labute approximate surface area is 98.7 Å². The van der Waals surface area contributed by atoms with Crippen molar-refractivity contribution in [2.45, 2.75) is 0 Å². The number of aromatic nitrogens is 3. The molecule has 2 aromatic heterocycles. The minimum atomic E-state index is 0.707. The maximum Gasteiger partial charge on any atom is 0.141 e. The first-order valence-corrected chi connectivity index (χ1v) is 5.38. The van der Waals surface area contributed by atoms with Gasteiger partial charge < -0.3 is 10.3 Å². The molecule has 0 radical (unpaired) electrons. The van der Waals surface area contributed by atoms with E-state index < -0.39 is 0 Å². The Balaban J connectivity index is 2.32. The van der Waals surface area contributed by atoms with Crippen molar-refractivity contribution in [2.24, 2.45) is 7.05 Å². The van der Waals surface area contributed by atoms with E-state index in [1.807, 2.05) is 41.9 Å². The van der Waals surface area contributed by atoms with Crippen molar-refractivity contribution in [1.29, 1.82) is 0 Å². The molecule has 0 aliphatic carbocycles. The number of para-hydroxylation sites is 1. The second-order valence-corrected chi connectivity index (χ2v) is 3.95. The van der Waals surface area contributed by atoms with Gasteiger partial charge in [-0.25, -0.2) is 4.98 Å². The van der Waals surface area contributed by atoms with Crippen LogP contribution in [-0.2, 0) is 7.05 Å². The van der Waals surface area contributed by atoms with E-state index in [1.54, 1.807) is 12.4 Å². The molecule has 0 bridgehead atoms. The third-order valence-corrected chi connectivity index (χ3v) is 2.88. The number of hydrogen-bond donors (Lipinski definition) is 1. The maximum atomic E-state index is 5.93. The Hall–Kier alpha value is -2.36. The van der Waals surface area contributed by atoms with Crippen LogP contribution in [0.2, 0.25) is 0 Å². The van der Waals surface area contributed by atoms with E-state index in [-0.39, 0.29) is 0 Å². The predicted octanol–water partition coefficient (Wildman–Crippen LogP) is 2.22. The third-order valence-electron chi connectivity index (χ3n) is 2.88. The van der Waals surface area contributed by atoms with Crippen LogP contribution in [0.1, 0.15) is 0 Å². The van der Waals surface area contributed by atoms with Gasteiger partial charge in [-0.05, 0) is 24.3 Å². The normalized spacial score (nSPS) is 10.9. The van der Waals surface area contributed by atoms with Crippen LogP contribution >= 0.6 is 0 Å². The molecule has 0 spiro atoms. The fourth-order valence-electron chi connectivity index (χ4n) is 2.00. The van der Waals surface area contributed by atoms with Gasteiger partial charge in [0.05, 0.1) is 11.2 Å². The minimum Gasteiger partial charge on any atom is -0.397 e. The first-order chi connectivity index (χ1) is 8.27. The molecule has 0 saturated carbocycles. The van der Waals surface area contributed by atoms with Crippen molar-refractivity contribution in [2.75, 3.05) is 5.73 Å². The fourth-order valence-corrected chi connectivity index (χ4v) is 2.00. The largest absolute Gasteiger partial charge is 0.397 e. The number of nitrogen functional groups attached to an aromatic ring is 1. The van der Waals surface area contributed by atoms with Gasteiger partial charge in [0.1, 0.15) is 11.3 Å². The molecule has 1 aromatic carbocycles. The van der Waals surface area contributed by atoms with E-state index >= 15 is 0 Å². The number of benzene rings is 1. The predicted molar refractivity (Wildman–Crippen MR) is 68.4 cm³/mol. The summed E-state index contributed by atoms with van der Waals surface area (Å²) < 4.78 is 2.04. The van der Waals surface area contributed by atoms with Crippen LogP contribution in [0.5, 0.6) is 0 Å². The SMILES string of the molecule is Cn1c(-c2ccncc2)nc2c(N)cccc21. The number of rotatable bonds is 1. The van der Waals surface area contributed by atoms with E-state index in [9.17, 15) is 0 Å². The number of nitrogens with zero attached hydrogens (tertiary/aromatic N) is 3. The highest BCUT2D eigenvalue weighted by Crippen LogP contribution is 2.26. The number of aryl methyl sites for hydroxylation is 1. The molecule has 3 aromatic rings. The zero-order valence-corrected chi connectivity index (χ0v) is 9.46. The number of imidazole rings is 1. The average molecular weight is 224 g/mol. The fraction of sp³-hybridized carbons (Fsp3) is 0.0769. The average Bonchev–Trinajstić information content (AvgIpc) is 2.70. The smallest absolute Gasteiger partial charge is 0.141 e. The van der Waals surface area contributed by atoms with E-state index in [0.29, 0.717) is 5.69 Å². The van der Waals surface area contributed by atoms with Gasteiger partial charge in [-0.2, -0.15) is 0 Å². The summed E-state index contributed by atoms with van der Waals surface area (Å²) in [6, 6.07) is 9.71. The molecular weight excluding hydrogens is 212 g/mol. The first kappa shape index (κ1) is 9.84. The Morgan fingerprint density at radius 3 is 2.59 bits per heavy atom. The second-order valence-electron chi connectivity index (χ2n) is 3.95. The Morgan fingerprint density at radius 1 is 1.12 bits per heavy atom. The number of anilines is 1. The van der Waals surface area contributed by atoms with Crippen LogP contribution in [0.4, 0.5) is 5.69 Å². The van der Waals surface area contributed by atoms with Gasteiger partial charge in [0.15, 0.2) is 0 Å². The summed E-state index contributed by atoms with van der Waals surface area (Å²) in [5.74, 6) is 0.903. The van der Waals surface area contributed by atoms with Crippen molar-refractivity contribution < 1.29 is 0 Å². The summed E-state index contributed by atoms with van der Waals surface area (Å²) in [7, 11) is 1.99. The van der Waals surface area contributed by atoms with Gasteiger partial charge in [-0.15, -0.1) is 0 Å². The monoisotopic (exact) mass is 224 g/mol. The van der Waals surface area contributed by atoms with Gasteiger partial charge in [0.25, 0.3) is 0 Å². The van der Waals surface area contributed by atoms with Gasteiger partial charge in [-0.3, -0.25) is 4.98 Å². The van der Waals surface area contributed by atoms with Crippen molar-refractivity contribution in [1.82, 2.24) is 14.5 Å². The van der Waals surface area contributed by atoms with Crippen LogP contribution in [0.25, 0.3) is 22.4 Å². The Kier molecular flexibility index (Phi) is 2.08. The zero-order chi connectivity index (χ0) is 11.8. The van der Waals surface area contributed by atoms with E-state index in [1.165, 1.54) is 0 Å². The molecule has 0 aliphatic rings. The molecule has 3 rings (SSSR count). The molecule has 4 heteroatoms. The highest BCUT2D eigenvalue weighted by Gasteiger charge is 2.10. The summed E-state index contributed by atoms with van der Waals surface area (Å²) in [4.78, 5) is 8.60. The molecule has 0 fully saturated rings. The molecule has 0 atom stereocenters. The lowest BCUT2D eigenvalue weighted by molar-refractivity contribution is 0.958. The molecule has 0 saturated heterocycles. The maximum absolute atomic E-state index is 5.93. The lowest BCUT2D eigenvalue weighted by Gasteiger charge is -2.01. The highest BCUT2D eigenvalue weighted by molar-refractivity contribution is 5.90. The molecular formula is C13H12N4. The summed E-state index contributed by atoms with van der Waals surface area (Å²) in [5.41, 5.74) is 9.56. The van der Waals surface area contributed by atoms with E-state index in [4.69, 9.17) is 5.73 Å². The lowest BCUT2D eigenvalue weighted by atomic mass is 10.2. The number of nitrogens with two attached hydrogens (primary N) is 1. The van der Waals surface area contributed by atoms with Crippen LogP contribution in [0.3, 0.4) is 0 Å². The molecule has 2 N–H and O–H groups in total. The molecule has 0 aliphatic heterocycles. The van der Waals surface area contributed by atoms with Gasteiger partial charge in [0, 0.05) is 25.0 Å². The number of hydrogen-bond acceptors (Lipinski definition) is 3. The minimum absolute atomic E-state index is 0.707. The van der Waals surface area contributed by atoms with Gasteiger partial charge >= 0.3 is 0 Å². The van der Waals surface area contributed by atoms with Crippen molar-refractivity contribution >= 4 is 16.7 Å². The standard InChI is InChI=1S/C13H12N4/c1-17-11-4-2-3-10(14)12(11)16-13(17)9-5-7-15-8-6-9/h2-8H,14H2,1H3. The van der Waals surface area contributed by atoms with Crippen LogP contribution in [0.15, 0.2) is 42.7 Å². The molecule has 0 unspecified atom stereocenters. The van der Waals surface area contributed by atoms with Gasteiger partial charge in [-0.1, -0.05) is 6.07 Å². The summed E-state index contributed by atoms with van der Waals surface area (Å²) >= 11 is 0. The third kappa shape index (κ3) is 1.45.